The Balaban J connectivity index is 0.876. The minimum atomic E-state index is 0.248. The maximum absolute atomic E-state index is 12.3. The van der Waals surface area contributed by atoms with Crippen molar-refractivity contribution in [2.24, 2.45) is 11.8 Å². The number of para-hydroxylation sites is 2. The van der Waals surface area contributed by atoms with Gasteiger partial charge in [0.25, 0.3) is 0 Å². The molecule has 66 heavy (non-hydrogen) atoms. The van der Waals surface area contributed by atoms with Gasteiger partial charge in [-0.05, 0) is 141 Å². The fourth-order valence-corrected chi connectivity index (χ4v) is 10.7. The summed E-state index contributed by atoms with van der Waals surface area (Å²) in [6, 6.07) is 62.8. The van der Waals surface area contributed by atoms with E-state index in [2.05, 4.69) is 159 Å². The molecule has 0 aromatic heterocycles. The predicted molar refractivity (Wildman–Crippen MR) is 274 cm³/mol. The maximum Gasteiger partial charge on any atom is 0.131 e. The molecular formula is C62H52O4. The highest BCUT2D eigenvalue weighted by Gasteiger charge is 2.28. The average Bonchev–Trinajstić information content (AvgIpc) is 3.35. The summed E-state index contributed by atoms with van der Waals surface area (Å²) in [5.74, 6) is 2.57. The van der Waals surface area contributed by atoms with E-state index in [9.17, 15) is 10.2 Å². The number of hydrogen-bond donors (Lipinski definition) is 2. The van der Waals surface area contributed by atoms with Gasteiger partial charge < -0.3 is 19.7 Å². The lowest BCUT2D eigenvalue weighted by Gasteiger charge is -2.32. The average molecular weight is 861 g/mol. The van der Waals surface area contributed by atoms with Crippen LogP contribution in [0.5, 0.6) is 23.0 Å². The van der Waals surface area contributed by atoms with Crippen molar-refractivity contribution in [2.45, 2.75) is 39.5 Å². The number of phenolic OH excluding ortho intramolecular Hbond substituents is 2. The topological polar surface area (TPSA) is 58.9 Å². The van der Waals surface area contributed by atoms with E-state index in [1.165, 1.54) is 0 Å². The van der Waals surface area contributed by atoms with Gasteiger partial charge in [0.2, 0.25) is 0 Å². The smallest absolute Gasteiger partial charge is 0.131 e. The molecule has 2 atom stereocenters. The van der Waals surface area contributed by atoms with Crippen LogP contribution in [-0.4, -0.2) is 23.4 Å². The molecular weight excluding hydrogens is 809 g/mol. The highest BCUT2D eigenvalue weighted by molar-refractivity contribution is 6.15. The lowest BCUT2D eigenvalue weighted by atomic mass is 9.80. The third-order valence-electron chi connectivity index (χ3n) is 13.9. The summed E-state index contributed by atoms with van der Waals surface area (Å²) < 4.78 is 13.7. The molecule has 2 N–H and O–H groups in total. The zero-order valence-electron chi connectivity index (χ0n) is 37.4. The molecule has 0 heterocycles. The van der Waals surface area contributed by atoms with Crippen LogP contribution in [0.1, 0.15) is 36.8 Å². The molecule has 0 amide bonds. The van der Waals surface area contributed by atoms with E-state index in [0.717, 1.165) is 136 Å². The monoisotopic (exact) mass is 860 g/mol. The molecule has 324 valence electrons. The largest absolute Gasteiger partial charge is 0.507 e. The zero-order chi connectivity index (χ0) is 44.7. The van der Waals surface area contributed by atoms with Gasteiger partial charge in [0.15, 0.2) is 0 Å². The number of rotatable bonds is 10. The second-order valence-electron chi connectivity index (χ2n) is 18.2. The van der Waals surface area contributed by atoms with E-state index in [1.807, 2.05) is 36.4 Å². The SMILES string of the molecule is Cc1cc(-c2ccccc2OCC2CCCC[C@H]2COc2ccccc2-c2cc(C)cc(-c3c4ccccc4cc4ccccc34)c2O)c(O)c(-c2c3ccccc3cc3ccccc23)c1. The number of benzene rings is 10. The molecule has 0 saturated heterocycles. The third-order valence-corrected chi connectivity index (χ3v) is 13.9. The minimum absolute atomic E-state index is 0.248. The Hall–Kier alpha value is -7.56. The van der Waals surface area contributed by atoms with Gasteiger partial charge in [-0.2, -0.15) is 0 Å². The summed E-state index contributed by atoms with van der Waals surface area (Å²) in [5.41, 5.74) is 9.08. The standard InChI is InChI=1S/C62H52O4/c1-39-31-53(61(63)55(33-39)59-47-23-9-5-17-41(47)35-42-18-6-10-24-48(42)59)51-27-13-15-29-57(51)65-37-45-21-3-4-22-46(45)38-66-58-30-16-14-28-52(58)54-32-40(2)34-56(62(54)64)60-49-25-11-7-19-43(49)36-44-20-8-12-26-50(44)60/h5-20,23-36,45-46,63-64H,3-4,21-22,37-38H2,1-2H3/t45-,46?/m0/s1. The van der Waals surface area contributed by atoms with Crippen LogP contribution in [0.25, 0.3) is 87.6 Å². The lowest BCUT2D eigenvalue weighted by molar-refractivity contribution is 0.105. The van der Waals surface area contributed by atoms with Crippen LogP contribution in [0.15, 0.2) is 182 Å². The van der Waals surface area contributed by atoms with Gasteiger partial charge in [-0.25, -0.2) is 0 Å². The van der Waals surface area contributed by atoms with Crippen LogP contribution in [0.3, 0.4) is 0 Å². The van der Waals surface area contributed by atoms with E-state index in [4.69, 9.17) is 9.47 Å². The van der Waals surface area contributed by atoms with E-state index < -0.39 is 0 Å². The molecule has 1 aliphatic rings. The Bertz CT molecular complexity index is 3120. The summed E-state index contributed by atoms with van der Waals surface area (Å²) in [5, 5.41) is 33.6. The molecule has 0 radical (unpaired) electrons. The fourth-order valence-electron chi connectivity index (χ4n) is 10.7. The molecule has 0 spiro atoms. The number of aromatic hydroxyl groups is 2. The number of fused-ring (bicyclic) bond motifs is 4. The second-order valence-corrected chi connectivity index (χ2v) is 18.2. The van der Waals surface area contributed by atoms with E-state index in [-0.39, 0.29) is 23.3 Å². The molecule has 0 bridgehead atoms. The quantitative estimate of drug-likeness (QED) is 0.135. The van der Waals surface area contributed by atoms with E-state index in [0.29, 0.717) is 13.2 Å². The van der Waals surface area contributed by atoms with Crippen LogP contribution >= 0.6 is 0 Å². The maximum atomic E-state index is 12.3. The molecule has 1 fully saturated rings. The van der Waals surface area contributed by atoms with Gasteiger partial charge in [0, 0.05) is 44.5 Å². The molecule has 1 unspecified atom stereocenters. The molecule has 10 aromatic carbocycles. The Morgan fingerprint density at radius 1 is 0.379 bits per heavy atom. The highest BCUT2D eigenvalue weighted by atomic mass is 16.5. The van der Waals surface area contributed by atoms with Gasteiger partial charge in [-0.3, -0.25) is 0 Å². The molecule has 4 nitrogen and oxygen atoms in total. The molecule has 0 aliphatic heterocycles. The molecule has 11 rings (SSSR count). The Morgan fingerprint density at radius 2 is 0.697 bits per heavy atom. The number of phenols is 2. The predicted octanol–water partition coefficient (Wildman–Crippen LogP) is 16.3. The first-order valence-corrected chi connectivity index (χ1v) is 23.3. The number of hydrogen-bond acceptors (Lipinski definition) is 4. The zero-order valence-corrected chi connectivity index (χ0v) is 37.4. The Kier molecular flexibility index (Phi) is 10.9. The van der Waals surface area contributed by atoms with Crippen molar-refractivity contribution in [3.05, 3.63) is 193 Å². The van der Waals surface area contributed by atoms with Crippen molar-refractivity contribution < 1.29 is 19.7 Å². The molecule has 1 aliphatic carbocycles. The minimum Gasteiger partial charge on any atom is -0.507 e. The highest BCUT2D eigenvalue weighted by Crippen LogP contribution is 2.49. The van der Waals surface area contributed by atoms with Crippen molar-refractivity contribution in [3.63, 3.8) is 0 Å². The third kappa shape index (κ3) is 7.56. The van der Waals surface area contributed by atoms with Gasteiger partial charge in [-0.15, -0.1) is 0 Å². The van der Waals surface area contributed by atoms with Gasteiger partial charge in [-0.1, -0.05) is 146 Å². The first-order chi connectivity index (χ1) is 32.4. The van der Waals surface area contributed by atoms with E-state index >= 15 is 0 Å². The van der Waals surface area contributed by atoms with Crippen molar-refractivity contribution in [3.8, 4) is 67.5 Å². The van der Waals surface area contributed by atoms with Crippen LogP contribution in [0, 0.1) is 25.7 Å². The summed E-state index contributed by atoms with van der Waals surface area (Å²) in [7, 11) is 0. The van der Waals surface area contributed by atoms with Crippen molar-refractivity contribution in [1.82, 2.24) is 0 Å². The van der Waals surface area contributed by atoms with Crippen LogP contribution in [-0.2, 0) is 0 Å². The van der Waals surface area contributed by atoms with Crippen molar-refractivity contribution in [2.75, 3.05) is 13.2 Å². The molecule has 10 aromatic rings. The molecule has 1 saturated carbocycles. The summed E-state index contributed by atoms with van der Waals surface area (Å²) in [6.07, 6.45) is 4.39. The van der Waals surface area contributed by atoms with Crippen LogP contribution in [0.2, 0.25) is 0 Å². The van der Waals surface area contributed by atoms with Crippen molar-refractivity contribution in [1.29, 1.82) is 0 Å². The second kappa shape index (κ2) is 17.4. The Labute approximate surface area is 386 Å². The van der Waals surface area contributed by atoms with Crippen LogP contribution < -0.4 is 9.47 Å². The summed E-state index contributed by atoms with van der Waals surface area (Å²) in [4.78, 5) is 0. The first kappa shape index (κ1) is 41.2. The summed E-state index contributed by atoms with van der Waals surface area (Å²) >= 11 is 0. The molecule has 4 heteroatoms. The number of aryl methyl sites for hydroxylation is 2. The van der Waals surface area contributed by atoms with Gasteiger partial charge in [0.05, 0.1) is 13.2 Å². The summed E-state index contributed by atoms with van der Waals surface area (Å²) in [6.45, 7) is 5.28. The van der Waals surface area contributed by atoms with Crippen molar-refractivity contribution >= 4 is 43.1 Å². The fraction of sp³-hybridized carbons (Fsp3) is 0.161. The van der Waals surface area contributed by atoms with Crippen LogP contribution in [0.4, 0.5) is 0 Å². The van der Waals surface area contributed by atoms with E-state index in [1.54, 1.807) is 0 Å². The number of ether oxygens (including phenoxy) is 2. The normalized spacial score (nSPS) is 15.1. The van der Waals surface area contributed by atoms with Gasteiger partial charge >= 0.3 is 0 Å². The lowest BCUT2D eigenvalue weighted by Crippen LogP contribution is -2.30. The first-order valence-electron chi connectivity index (χ1n) is 23.3. The van der Waals surface area contributed by atoms with Gasteiger partial charge in [0.1, 0.15) is 23.0 Å². The Morgan fingerprint density at radius 3 is 1.08 bits per heavy atom.